The Balaban J connectivity index is 1.56. The molecule has 0 radical (unpaired) electrons. The number of methoxy groups -OCH3 is 1. The van der Waals surface area contributed by atoms with E-state index < -0.39 is 75.5 Å². The number of carbonyl (C=O) groups excluding carboxylic acids is 3. The monoisotopic (exact) mass is 584 g/mol. The van der Waals surface area contributed by atoms with Crippen LogP contribution in [0.2, 0.25) is 0 Å². The SMILES string of the molecule is C/C=C(\C)C(=O)O[C@@H]1[C@@H]2C=C3[C@@H]4CC(=O)O[C@@H](c5ccoc5)[C@]4(C)CC[C@]3(O)[C@]3(C)[C@@H](CC(=O)OC)[C@]1(C)CO[C@]23O. The fraction of sp³-hybridized carbons (Fsp3) is 0.656. The van der Waals surface area contributed by atoms with Crippen LogP contribution in [0.25, 0.3) is 0 Å². The van der Waals surface area contributed by atoms with Gasteiger partial charge in [-0.05, 0) is 44.2 Å². The molecule has 4 bridgehead atoms. The van der Waals surface area contributed by atoms with Gasteiger partial charge in [0.15, 0.2) is 5.79 Å². The predicted octanol–water partition coefficient (Wildman–Crippen LogP) is 3.77. The third-order valence-corrected chi connectivity index (χ3v) is 11.8. The molecule has 7 rings (SSSR count). The molecule has 2 saturated carbocycles. The second-order valence-electron chi connectivity index (χ2n) is 13.5. The van der Waals surface area contributed by atoms with Crippen molar-refractivity contribution in [2.24, 2.45) is 34.0 Å². The molecule has 10 atom stereocenters. The number of ether oxygens (including phenoxy) is 4. The molecule has 1 aromatic heterocycles. The van der Waals surface area contributed by atoms with E-state index in [2.05, 4.69) is 0 Å². The Kier molecular flexibility index (Phi) is 6.43. The summed E-state index contributed by atoms with van der Waals surface area (Å²) >= 11 is 0. The summed E-state index contributed by atoms with van der Waals surface area (Å²) < 4.78 is 28.7. The standard InChI is InChI=1S/C32H40O10/c1-7-17(2)27(35)42-26-21-12-20-19-13-24(34)41-25(18-8-11-39-15-18)28(19,3)9-10-31(20,36)30(5)22(14-23(33)38-6)29(26,4)16-40-32(21,30)37/h7-8,11-12,15,19,21-22,25-26,36-37H,9-10,13-14,16H2,1-6H3/b17-7+/t19-,21-,22-,25-,26+,28+,29-,30-,31+,32+/m0/s1. The number of hydrogen-bond donors (Lipinski definition) is 2. The molecule has 0 aromatic carbocycles. The van der Waals surface area contributed by atoms with E-state index >= 15 is 0 Å². The molecular weight excluding hydrogens is 544 g/mol. The average Bonchev–Trinajstić information content (AvgIpc) is 3.49. The van der Waals surface area contributed by atoms with Gasteiger partial charge in [-0.15, -0.1) is 0 Å². The minimum atomic E-state index is -1.97. The van der Waals surface area contributed by atoms with E-state index in [0.29, 0.717) is 17.6 Å². The molecule has 6 aliphatic rings. The zero-order chi connectivity index (χ0) is 30.5. The van der Waals surface area contributed by atoms with Crippen LogP contribution >= 0.6 is 0 Å². The van der Waals surface area contributed by atoms with E-state index in [1.807, 2.05) is 13.8 Å². The van der Waals surface area contributed by atoms with Crippen LogP contribution in [-0.4, -0.2) is 59.3 Å². The lowest BCUT2D eigenvalue weighted by Gasteiger charge is -2.75. The summed E-state index contributed by atoms with van der Waals surface area (Å²) in [6.45, 7) is 9.11. The Bertz CT molecular complexity index is 1380. The summed E-state index contributed by atoms with van der Waals surface area (Å²) in [7, 11) is 1.30. The lowest BCUT2D eigenvalue weighted by atomic mass is 9.36. The minimum Gasteiger partial charge on any atom is -0.472 e. The predicted molar refractivity (Wildman–Crippen MR) is 146 cm³/mol. The normalized spacial score (nSPS) is 45.7. The molecule has 10 heteroatoms. The number of carbonyl (C=O) groups is 3. The van der Waals surface area contributed by atoms with E-state index in [4.69, 9.17) is 23.4 Å². The van der Waals surface area contributed by atoms with Crippen LogP contribution in [0.5, 0.6) is 0 Å². The van der Waals surface area contributed by atoms with Crippen molar-refractivity contribution < 1.29 is 48.0 Å². The molecular formula is C32H40O10. The van der Waals surface area contributed by atoms with Gasteiger partial charge in [-0.3, -0.25) is 9.59 Å². The van der Waals surface area contributed by atoms with Crippen LogP contribution in [0.1, 0.15) is 72.0 Å². The third kappa shape index (κ3) is 3.46. The maximum Gasteiger partial charge on any atom is 0.333 e. The molecule has 3 saturated heterocycles. The fourth-order valence-corrected chi connectivity index (χ4v) is 9.20. The molecule has 5 fully saturated rings. The first-order valence-corrected chi connectivity index (χ1v) is 14.6. The molecule has 3 aliphatic heterocycles. The molecule has 1 aromatic rings. The van der Waals surface area contributed by atoms with E-state index in [1.165, 1.54) is 13.4 Å². The van der Waals surface area contributed by atoms with Crippen molar-refractivity contribution in [2.75, 3.05) is 13.7 Å². The number of rotatable bonds is 5. The smallest absolute Gasteiger partial charge is 0.333 e. The topological polar surface area (TPSA) is 142 Å². The number of cyclic esters (lactones) is 1. The van der Waals surface area contributed by atoms with Crippen LogP contribution in [0.4, 0.5) is 0 Å². The highest BCUT2D eigenvalue weighted by molar-refractivity contribution is 5.88. The quantitative estimate of drug-likeness (QED) is 0.227. The number of esters is 3. The van der Waals surface area contributed by atoms with Crippen molar-refractivity contribution in [1.29, 1.82) is 0 Å². The van der Waals surface area contributed by atoms with Gasteiger partial charge < -0.3 is 33.6 Å². The van der Waals surface area contributed by atoms with Crippen LogP contribution in [0, 0.1) is 34.0 Å². The van der Waals surface area contributed by atoms with Gasteiger partial charge >= 0.3 is 17.9 Å². The van der Waals surface area contributed by atoms with Gasteiger partial charge in [-0.25, -0.2) is 4.79 Å². The summed E-state index contributed by atoms with van der Waals surface area (Å²) in [6.07, 6.45) is 5.66. The Morgan fingerprint density at radius 1 is 1.17 bits per heavy atom. The lowest BCUT2D eigenvalue weighted by molar-refractivity contribution is -0.445. The second-order valence-corrected chi connectivity index (χ2v) is 13.5. The van der Waals surface area contributed by atoms with Crippen molar-refractivity contribution >= 4 is 17.9 Å². The highest BCUT2D eigenvalue weighted by Gasteiger charge is 2.82. The van der Waals surface area contributed by atoms with Gasteiger partial charge in [0.25, 0.3) is 0 Å². The molecule has 3 aliphatic carbocycles. The largest absolute Gasteiger partial charge is 0.472 e. The van der Waals surface area contributed by atoms with Gasteiger partial charge in [0.1, 0.15) is 12.2 Å². The summed E-state index contributed by atoms with van der Waals surface area (Å²) in [5.74, 6) is -5.44. The molecule has 4 heterocycles. The molecule has 42 heavy (non-hydrogen) atoms. The number of allylic oxidation sites excluding steroid dienone is 1. The van der Waals surface area contributed by atoms with Crippen molar-refractivity contribution in [3.05, 3.63) is 47.5 Å². The van der Waals surface area contributed by atoms with Crippen LogP contribution in [0.3, 0.4) is 0 Å². The summed E-state index contributed by atoms with van der Waals surface area (Å²) in [5.41, 5.74) is -2.89. The Morgan fingerprint density at radius 2 is 1.90 bits per heavy atom. The second kappa shape index (κ2) is 9.27. The molecule has 2 N–H and O–H groups in total. The lowest BCUT2D eigenvalue weighted by Crippen LogP contribution is -2.84. The number of hydrogen-bond acceptors (Lipinski definition) is 10. The average molecular weight is 585 g/mol. The van der Waals surface area contributed by atoms with Crippen LogP contribution < -0.4 is 0 Å². The summed E-state index contributed by atoms with van der Waals surface area (Å²) in [6, 6.07) is 1.78. The molecule has 10 nitrogen and oxygen atoms in total. The number of furan rings is 1. The zero-order valence-corrected chi connectivity index (χ0v) is 25.0. The maximum atomic E-state index is 13.2. The van der Waals surface area contributed by atoms with E-state index in [-0.39, 0.29) is 25.9 Å². The van der Waals surface area contributed by atoms with Gasteiger partial charge in [-0.1, -0.05) is 32.9 Å². The van der Waals surface area contributed by atoms with Crippen molar-refractivity contribution in [3.63, 3.8) is 0 Å². The molecule has 0 spiro atoms. The van der Waals surface area contributed by atoms with Crippen LogP contribution in [-0.2, 0) is 33.3 Å². The van der Waals surface area contributed by atoms with Crippen LogP contribution in [0.15, 0.2) is 46.3 Å². The van der Waals surface area contributed by atoms with Gasteiger partial charge in [0.2, 0.25) is 0 Å². The van der Waals surface area contributed by atoms with Gasteiger partial charge in [-0.2, -0.15) is 0 Å². The Morgan fingerprint density at radius 3 is 2.55 bits per heavy atom. The fourth-order valence-electron chi connectivity index (χ4n) is 9.20. The van der Waals surface area contributed by atoms with E-state index in [9.17, 15) is 24.6 Å². The third-order valence-electron chi connectivity index (χ3n) is 11.8. The molecule has 0 unspecified atom stereocenters. The van der Waals surface area contributed by atoms with Gasteiger partial charge in [0, 0.05) is 34.3 Å². The van der Waals surface area contributed by atoms with E-state index in [1.54, 1.807) is 45.3 Å². The highest BCUT2D eigenvalue weighted by atomic mass is 16.6. The summed E-state index contributed by atoms with van der Waals surface area (Å²) in [5, 5.41) is 25.5. The number of fused-ring (bicyclic) bond motifs is 4. The highest BCUT2D eigenvalue weighted by Crippen LogP contribution is 2.75. The van der Waals surface area contributed by atoms with Crippen molar-refractivity contribution in [2.45, 2.75) is 83.9 Å². The minimum absolute atomic E-state index is 0.0133. The first-order valence-electron chi connectivity index (χ1n) is 14.6. The van der Waals surface area contributed by atoms with Crippen molar-refractivity contribution in [3.8, 4) is 0 Å². The van der Waals surface area contributed by atoms with Crippen molar-refractivity contribution in [1.82, 2.24) is 0 Å². The van der Waals surface area contributed by atoms with Gasteiger partial charge in [0.05, 0.1) is 49.6 Å². The zero-order valence-electron chi connectivity index (χ0n) is 25.0. The Labute approximate surface area is 245 Å². The maximum absolute atomic E-state index is 13.2. The van der Waals surface area contributed by atoms with E-state index in [0.717, 1.165) is 5.56 Å². The Hall–Kier alpha value is -2.95. The molecule has 0 amide bonds. The first-order chi connectivity index (χ1) is 19.7. The first kappa shape index (κ1) is 29.1. The molecule has 228 valence electrons. The number of aliphatic hydroxyl groups is 2. The summed E-state index contributed by atoms with van der Waals surface area (Å²) in [4.78, 5) is 39.2.